The molecule has 1 fully saturated rings. The van der Waals surface area contributed by atoms with Crippen LogP contribution in [0, 0.1) is 17.2 Å². The van der Waals surface area contributed by atoms with Gasteiger partial charge in [0.1, 0.15) is 0 Å². The molecule has 0 spiro atoms. The predicted octanol–water partition coefficient (Wildman–Crippen LogP) is 6.63. The number of nitrogens with zero attached hydrogens (tertiary/aromatic N) is 2. The summed E-state index contributed by atoms with van der Waals surface area (Å²) in [6.45, 7) is 6.76. The van der Waals surface area contributed by atoms with E-state index in [-0.39, 0.29) is 5.41 Å². The Bertz CT molecular complexity index is 792. The fourth-order valence-corrected chi connectivity index (χ4v) is 4.62. The summed E-state index contributed by atoms with van der Waals surface area (Å²) in [7, 11) is 0. The summed E-state index contributed by atoms with van der Waals surface area (Å²) < 4.78 is 0. The zero-order valence-corrected chi connectivity index (χ0v) is 18.5. The number of halogens is 1. The smallest absolute Gasteiger partial charge is 0.0851 e. The Morgan fingerprint density at radius 3 is 2.38 bits per heavy atom. The van der Waals surface area contributed by atoms with Crippen molar-refractivity contribution in [3.05, 3.63) is 70.7 Å². The van der Waals surface area contributed by atoms with Crippen LogP contribution < -0.4 is 0 Å². The van der Waals surface area contributed by atoms with Crippen molar-refractivity contribution >= 4 is 11.6 Å². The third-order valence-corrected chi connectivity index (χ3v) is 6.71. The molecule has 0 bridgehead atoms. The van der Waals surface area contributed by atoms with E-state index >= 15 is 0 Å². The molecule has 2 aromatic carbocycles. The molecule has 0 aromatic heterocycles. The topological polar surface area (TPSA) is 27.0 Å². The first-order valence-electron chi connectivity index (χ1n) is 11.0. The van der Waals surface area contributed by atoms with Crippen LogP contribution in [0.5, 0.6) is 0 Å². The van der Waals surface area contributed by atoms with Crippen LogP contribution >= 0.6 is 11.6 Å². The highest BCUT2D eigenvalue weighted by molar-refractivity contribution is 6.30. The Morgan fingerprint density at radius 2 is 1.79 bits per heavy atom. The second-order valence-corrected chi connectivity index (χ2v) is 8.96. The largest absolute Gasteiger partial charge is 0.300 e. The lowest BCUT2D eigenvalue weighted by Gasteiger charge is -2.33. The van der Waals surface area contributed by atoms with Crippen molar-refractivity contribution in [1.82, 2.24) is 4.90 Å². The van der Waals surface area contributed by atoms with Crippen molar-refractivity contribution in [1.29, 1.82) is 5.26 Å². The number of hydrogen-bond donors (Lipinski definition) is 0. The molecular formula is C26H33ClN2. The minimum absolute atomic E-state index is 0.365. The van der Waals surface area contributed by atoms with Crippen LogP contribution in [0.1, 0.15) is 57.1 Å². The molecule has 2 unspecified atom stereocenters. The molecule has 0 amide bonds. The summed E-state index contributed by atoms with van der Waals surface area (Å²) in [4.78, 5) is 2.60. The van der Waals surface area contributed by atoms with Gasteiger partial charge in [0.2, 0.25) is 0 Å². The Labute approximate surface area is 181 Å². The molecule has 2 aromatic rings. The van der Waals surface area contributed by atoms with Crippen LogP contribution in [0.3, 0.4) is 0 Å². The molecule has 3 rings (SSSR count). The summed E-state index contributed by atoms with van der Waals surface area (Å²) in [5.74, 6) is 0.491. The fourth-order valence-electron chi connectivity index (χ4n) is 4.50. The first kappa shape index (κ1) is 21.9. The summed E-state index contributed by atoms with van der Waals surface area (Å²) in [6, 6.07) is 21.9. The molecule has 1 saturated carbocycles. The molecule has 2 nitrogen and oxygen atoms in total. The highest BCUT2D eigenvalue weighted by Crippen LogP contribution is 2.50. The minimum atomic E-state index is -0.365. The van der Waals surface area contributed by atoms with Gasteiger partial charge < -0.3 is 4.90 Å². The molecule has 3 heteroatoms. The van der Waals surface area contributed by atoms with Crippen LogP contribution in [0.2, 0.25) is 5.02 Å². The van der Waals surface area contributed by atoms with E-state index in [1.807, 2.05) is 12.1 Å². The predicted molar refractivity (Wildman–Crippen MR) is 122 cm³/mol. The van der Waals surface area contributed by atoms with Crippen molar-refractivity contribution in [2.75, 3.05) is 13.1 Å². The van der Waals surface area contributed by atoms with Crippen LogP contribution in [-0.2, 0) is 11.8 Å². The van der Waals surface area contributed by atoms with Crippen LogP contribution in [-0.4, -0.2) is 24.0 Å². The summed E-state index contributed by atoms with van der Waals surface area (Å²) in [6.07, 6.45) is 6.52. The number of hydrogen-bond acceptors (Lipinski definition) is 2. The third-order valence-electron chi connectivity index (χ3n) is 6.45. The third kappa shape index (κ3) is 5.62. The lowest BCUT2D eigenvalue weighted by Crippen LogP contribution is -2.37. The van der Waals surface area contributed by atoms with Crippen LogP contribution in [0.25, 0.3) is 0 Å². The normalized spacial score (nSPS) is 16.9. The van der Waals surface area contributed by atoms with Gasteiger partial charge in [0, 0.05) is 17.6 Å². The molecule has 154 valence electrons. The van der Waals surface area contributed by atoms with Crippen LogP contribution in [0.15, 0.2) is 54.6 Å². The average molecular weight is 409 g/mol. The van der Waals surface area contributed by atoms with E-state index in [2.05, 4.69) is 67.3 Å². The molecule has 0 saturated heterocycles. The van der Waals surface area contributed by atoms with Crippen molar-refractivity contribution in [3.8, 4) is 6.07 Å². The Morgan fingerprint density at radius 1 is 1.10 bits per heavy atom. The number of nitriles is 1. The van der Waals surface area contributed by atoms with Crippen molar-refractivity contribution < 1.29 is 0 Å². The monoisotopic (exact) mass is 408 g/mol. The fraction of sp³-hybridized carbons (Fsp3) is 0.500. The zero-order valence-electron chi connectivity index (χ0n) is 17.8. The van der Waals surface area contributed by atoms with E-state index in [9.17, 15) is 5.26 Å². The summed E-state index contributed by atoms with van der Waals surface area (Å²) in [5, 5.41) is 11.0. The van der Waals surface area contributed by atoms with Crippen molar-refractivity contribution in [3.63, 3.8) is 0 Å². The summed E-state index contributed by atoms with van der Waals surface area (Å²) >= 11 is 6.10. The van der Waals surface area contributed by atoms with Gasteiger partial charge in [-0.3, -0.25) is 0 Å². The zero-order chi connectivity index (χ0) is 20.7. The molecule has 1 aliphatic carbocycles. The van der Waals surface area contributed by atoms with Gasteiger partial charge in [-0.25, -0.2) is 0 Å². The van der Waals surface area contributed by atoms with Gasteiger partial charge in [0.15, 0.2) is 0 Å². The van der Waals surface area contributed by atoms with E-state index in [1.165, 1.54) is 5.56 Å². The van der Waals surface area contributed by atoms with Gasteiger partial charge in [0.05, 0.1) is 11.5 Å². The molecule has 0 radical (unpaired) electrons. The maximum atomic E-state index is 10.2. The average Bonchev–Trinajstić information content (AvgIpc) is 3.59. The SMILES string of the molecule is CCCN(CCc1ccccc1)C(C)CCC(C#N)(c1ccc(Cl)cc1)C1CC1. The van der Waals surface area contributed by atoms with E-state index in [4.69, 9.17) is 11.6 Å². The molecule has 0 aliphatic heterocycles. The lowest BCUT2D eigenvalue weighted by atomic mass is 9.73. The van der Waals surface area contributed by atoms with Crippen molar-refractivity contribution in [2.45, 2.75) is 63.8 Å². The Hall–Kier alpha value is -1.82. The van der Waals surface area contributed by atoms with E-state index in [0.717, 1.165) is 62.2 Å². The maximum absolute atomic E-state index is 10.2. The van der Waals surface area contributed by atoms with Gasteiger partial charge in [-0.05, 0) is 81.2 Å². The first-order chi connectivity index (χ1) is 14.1. The van der Waals surface area contributed by atoms with Crippen LogP contribution in [0.4, 0.5) is 0 Å². The van der Waals surface area contributed by atoms with Gasteiger partial charge in [-0.2, -0.15) is 5.26 Å². The highest BCUT2D eigenvalue weighted by atomic mass is 35.5. The Balaban J connectivity index is 1.66. The van der Waals surface area contributed by atoms with Crippen molar-refractivity contribution in [2.24, 2.45) is 5.92 Å². The first-order valence-corrected chi connectivity index (χ1v) is 11.4. The molecular weight excluding hydrogens is 376 g/mol. The number of benzene rings is 2. The molecule has 2 atom stereocenters. The van der Waals surface area contributed by atoms with Gasteiger partial charge in [-0.1, -0.05) is 61.0 Å². The van der Waals surface area contributed by atoms with Gasteiger partial charge in [0.25, 0.3) is 0 Å². The maximum Gasteiger partial charge on any atom is 0.0851 e. The van der Waals surface area contributed by atoms with Gasteiger partial charge >= 0.3 is 0 Å². The van der Waals surface area contributed by atoms with E-state index < -0.39 is 0 Å². The molecule has 29 heavy (non-hydrogen) atoms. The quantitative estimate of drug-likeness (QED) is 0.417. The highest BCUT2D eigenvalue weighted by Gasteiger charge is 2.46. The summed E-state index contributed by atoms with van der Waals surface area (Å²) in [5.41, 5.74) is 2.17. The van der Waals surface area contributed by atoms with E-state index in [0.29, 0.717) is 12.0 Å². The second-order valence-electron chi connectivity index (χ2n) is 8.52. The molecule has 0 N–H and O–H groups in total. The lowest BCUT2D eigenvalue weighted by molar-refractivity contribution is 0.190. The molecule has 0 heterocycles. The van der Waals surface area contributed by atoms with E-state index in [1.54, 1.807) is 0 Å². The minimum Gasteiger partial charge on any atom is -0.300 e. The van der Waals surface area contributed by atoms with Gasteiger partial charge in [-0.15, -0.1) is 0 Å². The molecule has 1 aliphatic rings. The Kier molecular flexibility index (Phi) is 7.76. The standard InChI is InChI=1S/C26H33ClN2/c1-3-18-29(19-16-22-7-5-4-6-8-22)21(2)15-17-26(20-28,23-9-10-23)24-11-13-25(27)14-12-24/h4-8,11-14,21,23H,3,9-10,15-19H2,1-2H3. The number of rotatable bonds is 11. The second kappa shape index (κ2) is 10.3.